The number of ether oxygens (including phenoxy) is 1. The van der Waals surface area contributed by atoms with Gasteiger partial charge in [0.25, 0.3) is 0 Å². The fourth-order valence-corrected chi connectivity index (χ4v) is 4.67. The van der Waals surface area contributed by atoms with E-state index in [1.165, 1.54) is 36.3 Å². The molecule has 8 nitrogen and oxygen atoms in total. The lowest BCUT2D eigenvalue weighted by molar-refractivity contribution is -0.114. The zero-order valence-corrected chi connectivity index (χ0v) is 19.0. The van der Waals surface area contributed by atoms with Crippen molar-refractivity contribution in [3.05, 3.63) is 60.0 Å². The highest BCUT2D eigenvalue weighted by Gasteiger charge is 2.21. The first kappa shape index (κ1) is 22.8. The van der Waals surface area contributed by atoms with E-state index in [-0.39, 0.29) is 10.9 Å². The molecule has 0 fully saturated rings. The number of anilines is 1. The molecule has 0 bridgehead atoms. The van der Waals surface area contributed by atoms with Crippen LogP contribution in [0.1, 0.15) is 25.3 Å². The summed E-state index contributed by atoms with van der Waals surface area (Å²) in [6, 6.07) is 13.7. The fraction of sp³-hybridized carbons (Fsp3) is 0.286. The highest BCUT2D eigenvalue weighted by atomic mass is 32.2. The zero-order chi connectivity index (χ0) is 22.4. The average molecular weight is 462 g/mol. The maximum Gasteiger partial charge on any atom is 0.322 e. The Bertz CT molecular complexity index is 1120. The first-order chi connectivity index (χ1) is 14.7. The van der Waals surface area contributed by atoms with Gasteiger partial charge in [0.1, 0.15) is 11.5 Å². The van der Waals surface area contributed by atoms with E-state index in [0.29, 0.717) is 23.3 Å². The highest BCUT2D eigenvalue weighted by molar-refractivity contribution is 7.99. The minimum atomic E-state index is -3.82. The second kappa shape index (κ2) is 9.97. The SMILES string of the molecule is COc1ccc(S(=O)(=O)CC(=O)Nc2nnc(Cc3ccc(SC(C)C)cc3)o2)cc1. The van der Waals surface area contributed by atoms with Crippen LogP contribution in [0.2, 0.25) is 0 Å². The molecule has 10 heteroatoms. The molecule has 1 amide bonds. The number of hydrogen-bond donors (Lipinski definition) is 1. The van der Waals surface area contributed by atoms with Gasteiger partial charge in [-0.05, 0) is 42.0 Å². The Balaban J connectivity index is 1.57. The van der Waals surface area contributed by atoms with Crippen molar-refractivity contribution in [1.82, 2.24) is 10.2 Å². The Morgan fingerprint density at radius 2 is 1.77 bits per heavy atom. The number of nitrogens with zero attached hydrogens (tertiary/aromatic N) is 2. The number of nitrogens with one attached hydrogen (secondary N) is 1. The Kier molecular flexibility index (Phi) is 7.34. The molecular weight excluding hydrogens is 438 g/mol. The number of benzene rings is 2. The molecule has 164 valence electrons. The van der Waals surface area contributed by atoms with Crippen LogP contribution in [0.15, 0.2) is 62.7 Å². The van der Waals surface area contributed by atoms with Crippen molar-refractivity contribution in [3.8, 4) is 5.75 Å². The van der Waals surface area contributed by atoms with E-state index in [2.05, 4.69) is 29.4 Å². The predicted molar refractivity (Wildman–Crippen MR) is 118 cm³/mol. The van der Waals surface area contributed by atoms with Crippen molar-refractivity contribution in [2.75, 3.05) is 18.2 Å². The van der Waals surface area contributed by atoms with Crippen LogP contribution in [0.25, 0.3) is 0 Å². The van der Waals surface area contributed by atoms with Gasteiger partial charge in [-0.15, -0.1) is 16.9 Å². The molecule has 1 heterocycles. The lowest BCUT2D eigenvalue weighted by atomic mass is 10.1. The third-order valence-corrected chi connectivity index (χ3v) is 6.75. The van der Waals surface area contributed by atoms with E-state index in [9.17, 15) is 13.2 Å². The molecule has 3 rings (SSSR count). The summed E-state index contributed by atoms with van der Waals surface area (Å²) in [7, 11) is -2.34. The van der Waals surface area contributed by atoms with Crippen LogP contribution in [0.3, 0.4) is 0 Å². The minimum Gasteiger partial charge on any atom is -0.497 e. The molecule has 0 aliphatic carbocycles. The fourth-order valence-electron chi connectivity index (χ4n) is 2.70. The molecule has 0 saturated heterocycles. The monoisotopic (exact) mass is 461 g/mol. The third kappa shape index (κ3) is 6.56. The number of carbonyl (C=O) groups is 1. The smallest absolute Gasteiger partial charge is 0.322 e. The molecule has 0 unspecified atom stereocenters. The van der Waals surface area contributed by atoms with Crippen molar-refractivity contribution < 1.29 is 22.4 Å². The number of carbonyl (C=O) groups excluding carboxylic acids is 1. The highest BCUT2D eigenvalue weighted by Crippen LogP contribution is 2.23. The molecule has 0 aliphatic rings. The minimum absolute atomic E-state index is 0.0220. The molecule has 3 aromatic rings. The molecule has 0 atom stereocenters. The molecule has 1 aromatic heterocycles. The van der Waals surface area contributed by atoms with Crippen LogP contribution < -0.4 is 10.1 Å². The first-order valence-electron chi connectivity index (χ1n) is 9.50. The second-order valence-corrected chi connectivity index (χ2v) is 10.6. The average Bonchev–Trinajstić information content (AvgIpc) is 3.15. The summed E-state index contributed by atoms with van der Waals surface area (Å²) in [5.74, 6) is -0.666. The summed E-state index contributed by atoms with van der Waals surface area (Å²) in [6.07, 6.45) is 0.402. The molecule has 2 aromatic carbocycles. The number of hydrogen-bond acceptors (Lipinski definition) is 8. The number of amides is 1. The third-order valence-electron chi connectivity index (χ3n) is 4.10. The number of methoxy groups -OCH3 is 1. The maximum atomic E-state index is 12.4. The van der Waals surface area contributed by atoms with E-state index < -0.39 is 21.5 Å². The Hall–Kier alpha value is -2.85. The summed E-state index contributed by atoms with van der Waals surface area (Å²) < 4.78 is 35.2. The van der Waals surface area contributed by atoms with Crippen molar-refractivity contribution in [3.63, 3.8) is 0 Å². The summed E-state index contributed by atoms with van der Waals surface area (Å²) in [4.78, 5) is 13.4. The molecule has 1 N–H and O–H groups in total. The Morgan fingerprint density at radius 1 is 1.10 bits per heavy atom. The van der Waals surface area contributed by atoms with Crippen LogP contribution in [-0.2, 0) is 21.1 Å². The second-order valence-electron chi connectivity index (χ2n) is 6.97. The van der Waals surface area contributed by atoms with Crippen LogP contribution in [0, 0.1) is 0 Å². The van der Waals surface area contributed by atoms with Gasteiger partial charge in [-0.25, -0.2) is 8.42 Å². The Labute approximate surface area is 185 Å². The van der Waals surface area contributed by atoms with Gasteiger partial charge >= 0.3 is 6.01 Å². The number of aromatic nitrogens is 2. The van der Waals surface area contributed by atoms with E-state index in [1.54, 1.807) is 11.8 Å². The van der Waals surface area contributed by atoms with Crippen LogP contribution in [-0.4, -0.2) is 42.6 Å². The summed E-state index contributed by atoms with van der Waals surface area (Å²) in [5, 5.41) is 10.5. The summed E-state index contributed by atoms with van der Waals surface area (Å²) in [6.45, 7) is 4.27. The quantitative estimate of drug-likeness (QED) is 0.481. The number of sulfone groups is 1. The first-order valence-corrected chi connectivity index (χ1v) is 12.0. The lowest BCUT2D eigenvalue weighted by Crippen LogP contribution is -2.23. The van der Waals surface area contributed by atoms with Crippen LogP contribution >= 0.6 is 11.8 Å². The topological polar surface area (TPSA) is 111 Å². The van der Waals surface area contributed by atoms with Gasteiger partial charge in [-0.3, -0.25) is 10.1 Å². The lowest BCUT2D eigenvalue weighted by Gasteiger charge is -2.05. The van der Waals surface area contributed by atoms with Gasteiger partial charge < -0.3 is 9.15 Å². The summed E-state index contributed by atoms with van der Waals surface area (Å²) >= 11 is 1.77. The van der Waals surface area contributed by atoms with Gasteiger partial charge in [-0.1, -0.05) is 31.1 Å². The van der Waals surface area contributed by atoms with Gasteiger partial charge in [0.2, 0.25) is 11.8 Å². The van der Waals surface area contributed by atoms with E-state index in [0.717, 1.165) is 5.56 Å². The molecule has 0 saturated carbocycles. The predicted octanol–water partition coefficient (Wildman–Crippen LogP) is 3.58. The van der Waals surface area contributed by atoms with Gasteiger partial charge in [0, 0.05) is 10.1 Å². The molecular formula is C21H23N3O5S2. The van der Waals surface area contributed by atoms with Crippen LogP contribution in [0.5, 0.6) is 5.75 Å². The molecule has 31 heavy (non-hydrogen) atoms. The molecule has 0 spiro atoms. The van der Waals surface area contributed by atoms with Gasteiger partial charge in [-0.2, -0.15) is 0 Å². The van der Waals surface area contributed by atoms with Gasteiger partial charge in [0.15, 0.2) is 9.84 Å². The molecule has 0 aliphatic heterocycles. The van der Waals surface area contributed by atoms with Gasteiger partial charge in [0.05, 0.1) is 18.4 Å². The molecule has 0 radical (unpaired) electrons. The number of rotatable bonds is 9. The summed E-state index contributed by atoms with van der Waals surface area (Å²) in [5.41, 5.74) is 0.983. The van der Waals surface area contributed by atoms with E-state index in [1.807, 2.05) is 24.3 Å². The van der Waals surface area contributed by atoms with Crippen molar-refractivity contribution in [1.29, 1.82) is 0 Å². The van der Waals surface area contributed by atoms with Crippen molar-refractivity contribution in [2.45, 2.75) is 35.3 Å². The van der Waals surface area contributed by atoms with E-state index in [4.69, 9.17) is 9.15 Å². The largest absolute Gasteiger partial charge is 0.497 e. The number of thioether (sulfide) groups is 1. The van der Waals surface area contributed by atoms with Crippen molar-refractivity contribution in [2.24, 2.45) is 0 Å². The van der Waals surface area contributed by atoms with Crippen LogP contribution in [0.4, 0.5) is 6.01 Å². The normalized spacial score (nSPS) is 11.5. The zero-order valence-electron chi connectivity index (χ0n) is 17.4. The van der Waals surface area contributed by atoms with Crippen molar-refractivity contribution >= 4 is 33.5 Å². The maximum absolute atomic E-state index is 12.4. The Morgan fingerprint density at radius 3 is 2.39 bits per heavy atom. The standard InChI is InChI=1S/C21H23N3O5S2/c1-14(2)30-17-8-4-15(5-9-17)12-20-23-24-21(29-20)22-19(25)13-31(26,27)18-10-6-16(28-3)7-11-18/h4-11,14H,12-13H2,1-3H3,(H,22,24,25). The van der Waals surface area contributed by atoms with E-state index >= 15 is 0 Å².